The second-order valence-corrected chi connectivity index (χ2v) is 6.37. The number of anilines is 1. The van der Waals surface area contributed by atoms with Crippen molar-refractivity contribution in [1.82, 2.24) is 10.2 Å². The molecular weight excluding hydrogens is 258 g/mol. The lowest BCUT2D eigenvalue weighted by atomic mass is 9.78. The number of halogens is 1. The molecule has 0 amide bonds. The predicted molar refractivity (Wildman–Crippen MR) is 78.8 cm³/mol. The van der Waals surface area contributed by atoms with Crippen molar-refractivity contribution in [3.8, 4) is 0 Å². The molecule has 19 heavy (non-hydrogen) atoms. The summed E-state index contributed by atoms with van der Waals surface area (Å²) < 4.78 is 0. The monoisotopic (exact) mass is 279 g/mol. The van der Waals surface area contributed by atoms with Crippen LogP contribution in [-0.2, 0) is 0 Å². The first-order valence-corrected chi connectivity index (χ1v) is 7.82. The van der Waals surface area contributed by atoms with Crippen LogP contribution < -0.4 is 4.90 Å². The lowest BCUT2D eigenvalue weighted by Gasteiger charge is -2.45. The molecule has 2 heterocycles. The molecule has 0 radical (unpaired) electrons. The summed E-state index contributed by atoms with van der Waals surface area (Å²) in [5, 5.41) is 9.06. The van der Waals surface area contributed by atoms with Gasteiger partial charge in [0.1, 0.15) is 0 Å². The first kappa shape index (κ1) is 13.2. The molecule has 1 aliphatic carbocycles. The van der Waals surface area contributed by atoms with Gasteiger partial charge in [0.25, 0.3) is 0 Å². The zero-order chi connectivity index (χ0) is 13.4. The van der Waals surface area contributed by atoms with E-state index in [-0.39, 0.29) is 0 Å². The van der Waals surface area contributed by atoms with Gasteiger partial charge < -0.3 is 4.90 Å². The van der Waals surface area contributed by atoms with Crippen molar-refractivity contribution in [3.05, 3.63) is 16.3 Å². The molecule has 104 valence electrons. The highest BCUT2D eigenvalue weighted by Crippen LogP contribution is 2.38. The van der Waals surface area contributed by atoms with Crippen LogP contribution >= 0.6 is 11.6 Å². The lowest BCUT2D eigenvalue weighted by Crippen LogP contribution is -2.47. The number of piperidine rings is 1. The average molecular weight is 280 g/mol. The van der Waals surface area contributed by atoms with Crippen LogP contribution in [0.5, 0.6) is 0 Å². The Bertz CT molecular complexity index is 473. The smallest absolute Gasteiger partial charge is 0.155 e. The van der Waals surface area contributed by atoms with Gasteiger partial charge in [-0.3, -0.25) is 0 Å². The van der Waals surface area contributed by atoms with E-state index in [0.29, 0.717) is 11.2 Å². The molecule has 1 aromatic heterocycles. The summed E-state index contributed by atoms with van der Waals surface area (Å²) in [4.78, 5) is 2.51. The summed E-state index contributed by atoms with van der Waals surface area (Å²) in [5.74, 6) is 1.93. The van der Waals surface area contributed by atoms with Crippen LogP contribution in [0.1, 0.15) is 49.7 Å². The molecule has 3 nitrogen and oxygen atoms in total. The number of nitrogens with zero attached hydrogens (tertiary/aromatic N) is 3. The third-order valence-corrected chi connectivity index (χ3v) is 5.31. The highest BCUT2D eigenvalue weighted by atomic mass is 35.5. The van der Waals surface area contributed by atoms with E-state index in [1.165, 1.54) is 44.1 Å². The fourth-order valence-corrected chi connectivity index (χ4v) is 3.90. The van der Waals surface area contributed by atoms with Gasteiger partial charge in [-0.1, -0.05) is 24.4 Å². The van der Waals surface area contributed by atoms with Gasteiger partial charge in [-0.15, -0.1) is 10.2 Å². The molecule has 0 spiro atoms. The molecule has 1 saturated heterocycles. The van der Waals surface area contributed by atoms with Crippen molar-refractivity contribution in [1.29, 1.82) is 0 Å². The molecular formula is C15H22ClN3. The lowest BCUT2D eigenvalue weighted by molar-refractivity contribution is 0.242. The molecule has 1 saturated carbocycles. The molecule has 3 rings (SSSR count). The number of hydrogen-bond donors (Lipinski definition) is 0. The Labute approximate surface area is 120 Å². The van der Waals surface area contributed by atoms with Crippen molar-refractivity contribution in [2.75, 3.05) is 11.4 Å². The standard InChI is InChI=1S/C15H22ClN3/c1-10-11(2)15(18-17-14(10)16)19-9-5-7-12-6-3-4-8-13(12)19/h12-13H,3-9H2,1-2H3/t12-,13-/m1/s1. The van der Waals surface area contributed by atoms with E-state index in [0.717, 1.165) is 23.8 Å². The maximum absolute atomic E-state index is 6.07. The fourth-order valence-electron chi connectivity index (χ4n) is 3.72. The fraction of sp³-hybridized carbons (Fsp3) is 0.733. The first-order chi connectivity index (χ1) is 9.18. The quantitative estimate of drug-likeness (QED) is 0.780. The second kappa shape index (κ2) is 5.28. The third kappa shape index (κ3) is 2.33. The van der Waals surface area contributed by atoms with Gasteiger partial charge in [-0.25, -0.2) is 0 Å². The predicted octanol–water partition coefficient (Wildman–Crippen LogP) is 3.91. The number of hydrogen-bond acceptors (Lipinski definition) is 3. The molecule has 1 aliphatic heterocycles. The van der Waals surface area contributed by atoms with Gasteiger partial charge >= 0.3 is 0 Å². The number of aromatic nitrogens is 2. The van der Waals surface area contributed by atoms with Crippen LogP contribution in [0.4, 0.5) is 5.82 Å². The Morgan fingerprint density at radius 1 is 1.00 bits per heavy atom. The van der Waals surface area contributed by atoms with E-state index in [1.807, 2.05) is 6.92 Å². The largest absolute Gasteiger partial charge is 0.352 e. The maximum atomic E-state index is 6.07. The minimum atomic E-state index is 0.540. The summed E-state index contributed by atoms with van der Waals surface area (Å²) in [6.07, 6.45) is 8.13. The van der Waals surface area contributed by atoms with Crippen LogP contribution in [0, 0.1) is 19.8 Å². The minimum Gasteiger partial charge on any atom is -0.352 e. The topological polar surface area (TPSA) is 29.0 Å². The van der Waals surface area contributed by atoms with Gasteiger partial charge in [-0.05, 0) is 56.6 Å². The minimum absolute atomic E-state index is 0.540. The Balaban J connectivity index is 1.94. The molecule has 1 aromatic rings. The van der Waals surface area contributed by atoms with Crippen molar-refractivity contribution < 1.29 is 0 Å². The molecule has 0 unspecified atom stereocenters. The summed E-state index contributed by atoms with van der Waals surface area (Å²) in [7, 11) is 0. The molecule has 0 N–H and O–H groups in total. The summed E-state index contributed by atoms with van der Waals surface area (Å²) >= 11 is 6.07. The Morgan fingerprint density at radius 2 is 1.74 bits per heavy atom. The Hall–Kier alpha value is -0.830. The Kier molecular flexibility index (Phi) is 3.66. The van der Waals surface area contributed by atoms with Gasteiger partial charge in [0, 0.05) is 12.6 Å². The number of fused-ring (bicyclic) bond motifs is 1. The summed E-state index contributed by atoms with van der Waals surface area (Å²) in [6.45, 7) is 5.29. The van der Waals surface area contributed by atoms with E-state index in [2.05, 4.69) is 22.0 Å². The van der Waals surface area contributed by atoms with Crippen LogP contribution in [0.15, 0.2) is 0 Å². The van der Waals surface area contributed by atoms with E-state index in [9.17, 15) is 0 Å². The van der Waals surface area contributed by atoms with E-state index >= 15 is 0 Å². The van der Waals surface area contributed by atoms with Gasteiger partial charge in [-0.2, -0.15) is 0 Å². The molecule has 4 heteroatoms. The van der Waals surface area contributed by atoms with Crippen molar-refractivity contribution >= 4 is 17.4 Å². The van der Waals surface area contributed by atoms with Gasteiger partial charge in [0.2, 0.25) is 0 Å². The maximum Gasteiger partial charge on any atom is 0.155 e. The van der Waals surface area contributed by atoms with Gasteiger partial charge in [0.15, 0.2) is 11.0 Å². The SMILES string of the molecule is Cc1c(Cl)nnc(N2CCC[C@H]3CCCC[C@H]32)c1C. The van der Waals surface area contributed by atoms with Crippen molar-refractivity contribution in [2.45, 2.75) is 58.4 Å². The van der Waals surface area contributed by atoms with Crippen molar-refractivity contribution in [3.63, 3.8) is 0 Å². The third-order valence-electron chi connectivity index (χ3n) is 4.96. The summed E-state index contributed by atoms with van der Waals surface area (Å²) in [5.41, 5.74) is 2.27. The molecule has 2 fully saturated rings. The average Bonchev–Trinajstić information content (AvgIpc) is 2.45. The van der Waals surface area contributed by atoms with Crippen LogP contribution in [0.3, 0.4) is 0 Å². The molecule has 0 bridgehead atoms. The van der Waals surface area contributed by atoms with Gasteiger partial charge in [0.05, 0.1) is 0 Å². The normalized spacial score (nSPS) is 27.2. The van der Waals surface area contributed by atoms with Crippen LogP contribution in [0.25, 0.3) is 0 Å². The molecule has 2 atom stereocenters. The zero-order valence-corrected chi connectivity index (χ0v) is 12.6. The Morgan fingerprint density at radius 3 is 2.58 bits per heavy atom. The first-order valence-electron chi connectivity index (χ1n) is 7.44. The summed E-state index contributed by atoms with van der Waals surface area (Å²) in [6, 6.07) is 0.677. The number of rotatable bonds is 1. The van der Waals surface area contributed by atoms with Crippen molar-refractivity contribution in [2.24, 2.45) is 5.92 Å². The van der Waals surface area contributed by atoms with Crippen LogP contribution in [-0.4, -0.2) is 22.8 Å². The molecule has 0 aromatic carbocycles. The highest BCUT2D eigenvalue weighted by molar-refractivity contribution is 6.30. The van der Waals surface area contributed by atoms with E-state index in [1.54, 1.807) is 0 Å². The van der Waals surface area contributed by atoms with Crippen LogP contribution in [0.2, 0.25) is 5.15 Å². The van der Waals surface area contributed by atoms with E-state index in [4.69, 9.17) is 11.6 Å². The van der Waals surface area contributed by atoms with E-state index < -0.39 is 0 Å². The second-order valence-electron chi connectivity index (χ2n) is 6.01. The zero-order valence-electron chi connectivity index (χ0n) is 11.8. The molecule has 2 aliphatic rings. The highest BCUT2D eigenvalue weighted by Gasteiger charge is 2.34.